The molecule has 2 aromatic carbocycles. The van der Waals surface area contributed by atoms with Crippen LogP contribution in [-0.2, 0) is 10.0 Å². The van der Waals surface area contributed by atoms with Crippen molar-refractivity contribution in [2.75, 3.05) is 32.1 Å². The van der Waals surface area contributed by atoms with Gasteiger partial charge in [0, 0.05) is 25.8 Å². The Labute approximate surface area is 144 Å². The maximum Gasteiger partial charge on any atom is 0.240 e. The van der Waals surface area contributed by atoms with Gasteiger partial charge in [0.15, 0.2) is 0 Å². The molecule has 0 spiro atoms. The van der Waals surface area contributed by atoms with Crippen molar-refractivity contribution in [1.82, 2.24) is 4.72 Å². The normalized spacial score (nSPS) is 11.3. The zero-order valence-electron chi connectivity index (χ0n) is 14.5. The van der Waals surface area contributed by atoms with E-state index in [4.69, 9.17) is 4.74 Å². The predicted molar refractivity (Wildman–Crippen MR) is 97.4 cm³/mol. The van der Waals surface area contributed by atoms with Gasteiger partial charge in [-0.05, 0) is 49.2 Å². The molecular formula is C18H24N2O3S. The second-order valence-electron chi connectivity index (χ2n) is 5.74. The van der Waals surface area contributed by atoms with Gasteiger partial charge in [-0.25, -0.2) is 13.1 Å². The van der Waals surface area contributed by atoms with Gasteiger partial charge < -0.3 is 9.64 Å². The fourth-order valence-corrected chi connectivity index (χ4v) is 3.84. The molecule has 130 valence electrons. The van der Waals surface area contributed by atoms with E-state index in [1.54, 1.807) is 26.2 Å². The quantitative estimate of drug-likeness (QED) is 0.836. The summed E-state index contributed by atoms with van der Waals surface area (Å²) in [6.45, 7) is 4.52. The number of hydrogen-bond donors (Lipinski definition) is 1. The van der Waals surface area contributed by atoms with E-state index in [0.29, 0.717) is 29.3 Å². The lowest BCUT2D eigenvalue weighted by molar-refractivity contribution is 0.411. The van der Waals surface area contributed by atoms with Gasteiger partial charge in [0.2, 0.25) is 10.0 Å². The van der Waals surface area contributed by atoms with Crippen LogP contribution in [0.4, 0.5) is 5.69 Å². The van der Waals surface area contributed by atoms with E-state index in [1.165, 1.54) is 0 Å². The third-order valence-corrected chi connectivity index (χ3v) is 5.52. The van der Waals surface area contributed by atoms with Gasteiger partial charge in [0.25, 0.3) is 0 Å². The van der Waals surface area contributed by atoms with E-state index in [1.807, 2.05) is 49.2 Å². The summed E-state index contributed by atoms with van der Waals surface area (Å²) < 4.78 is 33.0. The molecule has 24 heavy (non-hydrogen) atoms. The first-order valence-electron chi connectivity index (χ1n) is 7.76. The maximum atomic E-state index is 12.6. The number of para-hydroxylation sites is 1. The molecule has 6 heteroatoms. The second kappa shape index (κ2) is 7.68. The van der Waals surface area contributed by atoms with Crippen LogP contribution in [0.5, 0.6) is 5.75 Å². The van der Waals surface area contributed by atoms with Crippen LogP contribution in [0.1, 0.15) is 11.1 Å². The van der Waals surface area contributed by atoms with Gasteiger partial charge in [0.1, 0.15) is 5.75 Å². The monoisotopic (exact) mass is 348 g/mol. The molecule has 5 nitrogen and oxygen atoms in total. The first kappa shape index (κ1) is 18.3. The van der Waals surface area contributed by atoms with E-state index in [-0.39, 0.29) is 0 Å². The molecule has 0 atom stereocenters. The summed E-state index contributed by atoms with van der Waals surface area (Å²) in [6.07, 6.45) is 0. The second-order valence-corrected chi connectivity index (χ2v) is 7.48. The van der Waals surface area contributed by atoms with E-state index in [9.17, 15) is 8.42 Å². The van der Waals surface area contributed by atoms with Crippen LogP contribution >= 0.6 is 0 Å². The van der Waals surface area contributed by atoms with E-state index in [0.717, 1.165) is 11.3 Å². The first-order valence-corrected chi connectivity index (χ1v) is 9.24. The highest BCUT2D eigenvalue weighted by atomic mass is 32.2. The number of nitrogens with one attached hydrogen (secondary N) is 1. The SMILES string of the molecule is COc1cc(C)c(S(=O)(=O)NCCN(C)c2ccccc2)cc1C. The van der Waals surface area contributed by atoms with Gasteiger partial charge in [-0.15, -0.1) is 0 Å². The van der Waals surface area contributed by atoms with E-state index >= 15 is 0 Å². The Balaban J connectivity index is 2.05. The van der Waals surface area contributed by atoms with Gasteiger partial charge in [0.05, 0.1) is 12.0 Å². The number of ether oxygens (including phenoxy) is 1. The molecule has 0 unspecified atom stereocenters. The number of likely N-dealkylation sites (N-methyl/N-ethyl adjacent to an activating group) is 1. The van der Waals surface area contributed by atoms with Crippen LogP contribution in [0.3, 0.4) is 0 Å². The third kappa shape index (κ3) is 4.27. The molecule has 0 amide bonds. The molecule has 0 radical (unpaired) electrons. The zero-order chi connectivity index (χ0) is 17.7. The number of hydrogen-bond acceptors (Lipinski definition) is 4. The lowest BCUT2D eigenvalue weighted by Gasteiger charge is -2.19. The average molecular weight is 348 g/mol. The smallest absolute Gasteiger partial charge is 0.240 e. The topological polar surface area (TPSA) is 58.6 Å². The van der Waals surface area contributed by atoms with Gasteiger partial charge >= 0.3 is 0 Å². The summed E-state index contributed by atoms with van der Waals surface area (Å²) in [5.41, 5.74) is 2.51. The Hall–Kier alpha value is -2.05. The molecule has 0 aliphatic carbocycles. The Bertz CT molecular complexity index is 789. The number of sulfonamides is 1. The van der Waals surface area contributed by atoms with Crippen molar-refractivity contribution >= 4 is 15.7 Å². The molecule has 2 aromatic rings. The number of nitrogens with zero attached hydrogens (tertiary/aromatic N) is 1. The van der Waals surface area contributed by atoms with Crippen LogP contribution in [0.15, 0.2) is 47.4 Å². The standard InChI is InChI=1S/C18H24N2O3S/c1-14-13-18(15(2)12-17(14)23-4)24(21,22)19-10-11-20(3)16-8-6-5-7-9-16/h5-9,12-13,19H,10-11H2,1-4H3. The van der Waals surface area contributed by atoms with Gasteiger partial charge in [-0.2, -0.15) is 0 Å². The lowest BCUT2D eigenvalue weighted by Crippen LogP contribution is -2.33. The number of methoxy groups -OCH3 is 1. The minimum Gasteiger partial charge on any atom is -0.496 e. The highest BCUT2D eigenvalue weighted by Crippen LogP contribution is 2.25. The largest absolute Gasteiger partial charge is 0.496 e. The molecule has 1 N–H and O–H groups in total. The summed E-state index contributed by atoms with van der Waals surface area (Å²) in [5, 5.41) is 0. The summed E-state index contributed by atoms with van der Waals surface area (Å²) in [7, 11) is -0.0346. The Morgan fingerprint density at radius 1 is 1.08 bits per heavy atom. The third-order valence-electron chi connectivity index (χ3n) is 3.92. The summed E-state index contributed by atoms with van der Waals surface area (Å²) in [5.74, 6) is 0.690. The van der Waals surface area contributed by atoms with Crippen molar-refractivity contribution < 1.29 is 13.2 Å². The van der Waals surface area contributed by atoms with Crippen molar-refractivity contribution in [2.45, 2.75) is 18.7 Å². The van der Waals surface area contributed by atoms with Crippen molar-refractivity contribution in [3.63, 3.8) is 0 Å². The molecule has 0 fully saturated rings. The number of benzene rings is 2. The highest BCUT2D eigenvalue weighted by molar-refractivity contribution is 7.89. The number of rotatable bonds is 7. The van der Waals surface area contributed by atoms with Crippen molar-refractivity contribution in [2.24, 2.45) is 0 Å². The van der Waals surface area contributed by atoms with E-state index < -0.39 is 10.0 Å². The Morgan fingerprint density at radius 2 is 1.75 bits per heavy atom. The van der Waals surface area contributed by atoms with Gasteiger partial charge in [-0.3, -0.25) is 0 Å². The van der Waals surface area contributed by atoms with Crippen molar-refractivity contribution in [1.29, 1.82) is 0 Å². The van der Waals surface area contributed by atoms with Crippen LogP contribution < -0.4 is 14.4 Å². The fourth-order valence-electron chi connectivity index (χ4n) is 2.51. The molecule has 0 aliphatic rings. The molecule has 0 bridgehead atoms. The first-order chi connectivity index (χ1) is 11.3. The molecule has 0 heterocycles. The molecule has 0 saturated carbocycles. The molecule has 0 aromatic heterocycles. The number of aryl methyl sites for hydroxylation is 2. The van der Waals surface area contributed by atoms with Crippen LogP contribution in [0, 0.1) is 13.8 Å². The number of anilines is 1. The Morgan fingerprint density at radius 3 is 2.38 bits per heavy atom. The molecule has 2 rings (SSSR count). The average Bonchev–Trinajstić information content (AvgIpc) is 2.57. The summed E-state index contributed by atoms with van der Waals surface area (Å²) >= 11 is 0. The molecule has 0 saturated heterocycles. The summed E-state index contributed by atoms with van der Waals surface area (Å²) in [4.78, 5) is 2.30. The molecular weight excluding hydrogens is 324 g/mol. The zero-order valence-corrected chi connectivity index (χ0v) is 15.4. The maximum absolute atomic E-state index is 12.6. The van der Waals surface area contributed by atoms with Crippen LogP contribution in [0.25, 0.3) is 0 Å². The lowest BCUT2D eigenvalue weighted by atomic mass is 10.1. The highest BCUT2D eigenvalue weighted by Gasteiger charge is 2.18. The van der Waals surface area contributed by atoms with Crippen LogP contribution in [0.2, 0.25) is 0 Å². The fraction of sp³-hybridized carbons (Fsp3) is 0.333. The predicted octanol–water partition coefficient (Wildman–Crippen LogP) is 2.73. The Kier molecular flexibility index (Phi) is 5.85. The summed E-state index contributed by atoms with van der Waals surface area (Å²) in [6, 6.07) is 13.3. The minimum absolute atomic E-state index is 0.295. The van der Waals surface area contributed by atoms with E-state index in [2.05, 4.69) is 4.72 Å². The van der Waals surface area contributed by atoms with Gasteiger partial charge in [-0.1, -0.05) is 18.2 Å². The molecule has 0 aliphatic heterocycles. The van der Waals surface area contributed by atoms with Crippen molar-refractivity contribution in [3.05, 3.63) is 53.6 Å². The van der Waals surface area contributed by atoms with Crippen LogP contribution in [-0.4, -0.2) is 35.7 Å². The van der Waals surface area contributed by atoms with Crippen molar-refractivity contribution in [3.8, 4) is 5.75 Å². The minimum atomic E-state index is -3.55.